The van der Waals surface area contributed by atoms with Gasteiger partial charge < -0.3 is 11.1 Å². The van der Waals surface area contributed by atoms with Gasteiger partial charge in [0.25, 0.3) is 0 Å². The summed E-state index contributed by atoms with van der Waals surface area (Å²) in [6.07, 6.45) is 0. The molecule has 1 unspecified atom stereocenters. The van der Waals surface area contributed by atoms with Gasteiger partial charge in [-0.1, -0.05) is 45.2 Å². The lowest BCUT2D eigenvalue weighted by Crippen LogP contribution is -2.21. The minimum atomic E-state index is -0.00675. The van der Waals surface area contributed by atoms with Crippen LogP contribution in [0.5, 0.6) is 0 Å². The first kappa shape index (κ1) is 14.4. The summed E-state index contributed by atoms with van der Waals surface area (Å²) < 4.78 is 0.996. The van der Waals surface area contributed by atoms with Crippen LogP contribution in [0.25, 0.3) is 0 Å². The Morgan fingerprint density at radius 2 is 1.89 bits per heavy atom. The Balaban J connectivity index is 2.24. The molecule has 0 radical (unpaired) electrons. The van der Waals surface area contributed by atoms with E-state index in [1.54, 1.807) is 0 Å². The Morgan fingerprint density at radius 3 is 2.53 bits per heavy atom. The maximum Gasteiger partial charge on any atom is 0.0651 e. The van der Waals surface area contributed by atoms with Crippen molar-refractivity contribution in [3.05, 3.63) is 63.1 Å². The fraction of sp³-hybridized carbons (Fsp3) is 0.200. The van der Waals surface area contributed by atoms with Gasteiger partial charge >= 0.3 is 0 Å². The van der Waals surface area contributed by atoms with Crippen LogP contribution >= 0.6 is 27.5 Å². The van der Waals surface area contributed by atoms with Gasteiger partial charge in [-0.05, 0) is 42.8 Å². The smallest absolute Gasteiger partial charge is 0.0651 e. The highest BCUT2D eigenvalue weighted by Crippen LogP contribution is 2.28. The Labute approximate surface area is 127 Å². The van der Waals surface area contributed by atoms with E-state index >= 15 is 0 Å². The number of hydrogen-bond donors (Lipinski definition) is 2. The van der Waals surface area contributed by atoms with Gasteiger partial charge in [0, 0.05) is 21.7 Å². The molecule has 0 aliphatic rings. The molecule has 0 heterocycles. The van der Waals surface area contributed by atoms with Crippen molar-refractivity contribution in [3.8, 4) is 0 Å². The quantitative estimate of drug-likeness (QED) is 0.859. The highest BCUT2D eigenvalue weighted by atomic mass is 79.9. The summed E-state index contributed by atoms with van der Waals surface area (Å²) in [5, 5.41) is 4.13. The third kappa shape index (κ3) is 3.72. The molecule has 0 aromatic heterocycles. The number of anilines is 1. The normalized spacial score (nSPS) is 12.2. The third-order valence-corrected chi connectivity index (χ3v) is 3.80. The standard InChI is InChI=1S/C15H16BrClN2/c1-10-2-5-12(6-3-10)19-15(9-18)13-8-11(16)4-7-14(13)17/h2-8,15,19H,9,18H2,1H3. The van der Waals surface area contributed by atoms with Gasteiger partial charge in [-0.3, -0.25) is 0 Å². The van der Waals surface area contributed by atoms with Crippen molar-refractivity contribution in [2.75, 3.05) is 11.9 Å². The first-order valence-electron chi connectivity index (χ1n) is 6.08. The molecule has 0 aliphatic heterocycles. The molecule has 19 heavy (non-hydrogen) atoms. The molecule has 3 N–H and O–H groups in total. The maximum atomic E-state index is 6.24. The second-order valence-corrected chi connectivity index (χ2v) is 5.79. The van der Waals surface area contributed by atoms with E-state index in [4.69, 9.17) is 17.3 Å². The fourth-order valence-electron chi connectivity index (χ4n) is 1.90. The zero-order valence-corrected chi connectivity index (χ0v) is 13.0. The van der Waals surface area contributed by atoms with E-state index in [9.17, 15) is 0 Å². The van der Waals surface area contributed by atoms with E-state index in [1.807, 2.05) is 30.3 Å². The van der Waals surface area contributed by atoms with E-state index in [1.165, 1.54) is 5.56 Å². The molecule has 2 nitrogen and oxygen atoms in total. The largest absolute Gasteiger partial charge is 0.377 e. The second-order valence-electron chi connectivity index (χ2n) is 4.46. The molecule has 0 saturated carbocycles. The predicted octanol–water partition coefficient (Wildman–Crippen LogP) is 4.52. The summed E-state index contributed by atoms with van der Waals surface area (Å²) in [7, 11) is 0. The highest BCUT2D eigenvalue weighted by molar-refractivity contribution is 9.10. The Kier molecular flexibility index (Phi) is 4.86. The van der Waals surface area contributed by atoms with E-state index < -0.39 is 0 Å². The number of nitrogens with two attached hydrogens (primary N) is 1. The van der Waals surface area contributed by atoms with Crippen molar-refractivity contribution < 1.29 is 0 Å². The van der Waals surface area contributed by atoms with E-state index in [0.29, 0.717) is 6.54 Å². The van der Waals surface area contributed by atoms with Gasteiger partial charge in [0.15, 0.2) is 0 Å². The number of benzene rings is 2. The van der Waals surface area contributed by atoms with Crippen LogP contribution < -0.4 is 11.1 Å². The van der Waals surface area contributed by atoms with Crippen LogP contribution in [0, 0.1) is 6.92 Å². The SMILES string of the molecule is Cc1ccc(NC(CN)c2cc(Br)ccc2Cl)cc1. The minimum Gasteiger partial charge on any atom is -0.377 e. The van der Waals surface area contributed by atoms with Gasteiger partial charge in [0.2, 0.25) is 0 Å². The first-order chi connectivity index (χ1) is 9.10. The molecule has 100 valence electrons. The first-order valence-corrected chi connectivity index (χ1v) is 7.25. The predicted molar refractivity (Wildman–Crippen MR) is 85.7 cm³/mol. The lowest BCUT2D eigenvalue weighted by molar-refractivity contribution is 0.789. The molecule has 4 heteroatoms. The van der Waals surface area contributed by atoms with Gasteiger partial charge in [-0.15, -0.1) is 0 Å². The number of hydrogen-bond acceptors (Lipinski definition) is 2. The minimum absolute atomic E-state index is 0.00675. The summed E-state index contributed by atoms with van der Waals surface area (Å²) in [6.45, 7) is 2.54. The lowest BCUT2D eigenvalue weighted by atomic mass is 10.1. The van der Waals surface area contributed by atoms with E-state index in [0.717, 1.165) is 20.7 Å². The van der Waals surface area contributed by atoms with Crippen LogP contribution in [0.2, 0.25) is 5.02 Å². The summed E-state index contributed by atoms with van der Waals surface area (Å²) in [5.41, 5.74) is 9.13. The Morgan fingerprint density at radius 1 is 1.21 bits per heavy atom. The van der Waals surface area contributed by atoms with Crippen molar-refractivity contribution in [1.82, 2.24) is 0 Å². The summed E-state index contributed by atoms with van der Waals surface area (Å²) >= 11 is 9.71. The molecule has 0 bridgehead atoms. The van der Waals surface area contributed by atoms with Gasteiger partial charge in [0.1, 0.15) is 0 Å². The summed E-state index contributed by atoms with van der Waals surface area (Å²) in [4.78, 5) is 0. The summed E-state index contributed by atoms with van der Waals surface area (Å²) in [5.74, 6) is 0. The van der Waals surface area contributed by atoms with Gasteiger partial charge in [-0.2, -0.15) is 0 Å². The zero-order valence-electron chi connectivity index (χ0n) is 10.7. The second kappa shape index (κ2) is 6.42. The lowest BCUT2D eigenvalue weighted by Gasteiger charge is -2.20. The number of nitrogens with one attached hydrogen (secondary N) is 1. The molecule has 2 aromatic rings. The van der Waals surface area contributed by atoms with Crippen LogP contribution in [0.1, 0.15) is 17.2 Å². The van der Waals surface area contributed by atoms with Crippen LogP contribution in [0.15, 0.2) is 46.9 Å². The number of aryl methyl sites for hydroxylation is 1. The van der Waals surface area contributed by atoms with Gasteiger partial charge in [-0.25, -0.2) is 0 Å². The highest BCUT2D eigenvalue weighted by Gasteiger charge is 2.13. The Bertz CT molecular complexity index is 555. The Hall–Kier alpha value is -1.03. The summed E-state index contributed by atoms with van der Waals surface area (Å²) in [6, 6.07) is 14.0. The number of halogens is 2. The van der Waals surface area contributed by atoms with Crippen LogP contribution in [-0.4, -0.2) is 6.54 Å². The van der Waals surface area contributed by atoms with Crippen molar-refractivity contribution in [3.63, 3.8) is 0 Å². The molecule has 0 saturated heterocycles. The van der Waals surface area contributed by atoms with E-state index in [2.05, 4.69) is 40.3 Å². The fourth-order valence-corrected chi connectivity index (χ4v) is 2.52. The van der Waals surface area contributed by atoms with Gasteiger partial charge in [0.05, 0.1) is 6.04 Å². The third-order valence-electron chi connectivity index (χ3n) is 2.96. The molecule has 0 aliphatic carbocycles. The molecular formula is C15H16BrClN2. The van der Waals surface area contributed by atoms with E-state index in [-0.39, 0.29) is 6.04 Å². The number of rotatable bonds is 4. The van der Waals surface area contributed by atoms with Crippen LogP contribution in [0.4, 0.5) is 5.69 Å². The van der Waals surface area contributed by atoms with Crippen molar-refractivity contribution in [1.29, 1.82) is 0 Å². The van der Waals surface area contributed by atoms with Crippen molar-refractivity contribution in [2.24, 2.45) is 5.73 Å². The average molecular weight is 340 g/mol. The molecule has 0 spiro atoms. The monoisotopic (exact) mass is 338 g/mol. The van der Waals surface area contributed by atoms with Crippen molar-refractivity contribution in [2.45, 2.75) is 13.0 Å². The molecular weight excluding hydrogens is 324 g/mol. The molecule has 2 aromatic carbocycles. The molecule has 1 atom stereocenters. The molecule has 2 rings (SSSR count). The molecule has 0 fully saturated rings. The topological polar surface area (TPSA) is 38.0 Å². The molecule has 0 amide bonds. The zero-order chi connectivity index (χ0) is 13.8. The maximum absolute atomic E-state index is 6.24. The van der Waals surface area contributed by atoms with Crippen LogP contribution in [-0.2, 0) is 0 Å². The average Bonchev–Trinajstić information content (AvgIpc) is 2.41. The van der Waals surface area contributed by atoms with Crippen LogP contribution in [0.3, 0.4) is 0 Å². The van der Waals surface area contributed by atoms with Crippen molar-refractivity contribution >= 4 is 33.2 Å².